The maximum Gasteiger partial charge on any atom is 0.259 e. The number of hydrogen-bond donors (Lipinski definition) is 0. The third-order valence-electron chi connectivity index (χ3n) is 4.84. The van der Waals surface area contributed by atoms with Crippen molar-refractivity contribution in [2.75, 3.05) is 13.1 Å². The maximum atomic E-state index is 12.9. The van der Waals surface area contributed by atoms with Crippen LogP contribution < -0.4 is 5.43 Å². The summed E-state index contributed by atoms with van der Waals surface area (Å²) in [7, 11) is 0. The molecule has 1 amide bonds. The van der Waals surface area contributed by atoms with Crippen molar-refractivity contribution in [3.63, 3.8) is 0 Å². The van der Waals surface area contributed by atoms with Crippen LogP contribution >= 0.6 is 11.6 Å². The number of halogens is 1. The van der Waals surface area contributed by atoms with Crippen LogP contribution in [0.5, 0.6) is 0 Å². The van der Waals surface area contributed by atoms with Gasteiger partial charge in [0.05, 0.1) is 29.3 Å². The molecule has 2 fully saturated rings. The van der Waals surface area contributed by atoms with Crippen molar-refractivity contribution < 1.29 is 9.53 Å². The first-order valence-electron chi connectivity index (χ1n) is 8.20. The van der Waals surface area contributed by atoms with Gasteiger partial charge in [0, 0.05) is 25.8 Å². The first kappa shape index (κ1) is 15.6. The summed E-state index contributed by atoms with van der Waals surface area (Å²) >= 11 is 5.94. The summed E-state index contributed by atoms with van der Waals surface area (Å²) in [6.45, 7) is 3.70. The molecule has 2 atom stereocenters. The van der Waals surface area contributed by atoms with Crippen molar-refractivity contribution in [3.05, 3.63) is 39.4 Å². The molecule has 2 aromatic heterocycles. The molecule has 2 aromatic rings. The minimum Gasteiger partial charge on any atom is -0.371 e. The van der Waals surface area contributed by atoms with Crippen LogP contribution in [0.25, 0.3) is 10.9 Å². The lowest BCUT2D eigenvalue weighted by molar-refractivity contribution is -0.0304. The zero-order valence-corrected chi connectivity index (χ0v) is 14.1. The largest absolute Gasteiger partial charge is 0.371 e. The highest BCUT2D eigenvalue weighted by Gasteiger charge is 2.36. The number of carbonyl (C=O) groups excluding carboxylic acids is 1. The summed E-state index contributed by atoms with van der Waals surface area (Å²) in [5.74, 6) is -0.225. The first-order chi connectivity index (χ1) is 11.6. The molecule has 4 rings (SSSR count). The van der Waals surface area contributed by atoms with Crippen LogP contribution in [0, 0.1) is 0 Å². The second kappa shape index (κ2) is 5.86. The fraction of sp³-hybridized carbons (Fsp3) is 0.471. The monoisotopic (exact) mass is 347 g/mol. The van der Waals surface area contributed by atoms with Crippen molar-refractivity contribution in [2.45, 2.75) is 38.5 Å². The summed E-state index contributed by atoms with van der Waals surface area (Å²) in [5, 5.41) is 0.676. The topological polar surface area (TPSA) is 64.4 Å². The molecule has 0 saturated carbocycles. The average molecular weight is 348 g/mol. The lowest BCUT2D eigenvalue weighted by Gasteiger charge is -2.32. The number of likely N-dealkylation sites (tertiary alicyclic amines) is 1. The summed E-state index contributed by atoms with van der Waals surface area (Å²) in [6.07, 6.45) is 5.37. The zero-order chi connectivity index (χ0) is 16.8. The normalized spacial score (nSPS) is 23.0. The van der Waals surface area contributed by atoms with Gasteiger partial charge in [-0.05, 0) is 25.8 Å². The highest BCUT2D eigenvalue weighted by molar-refractivity contribution is 6.30. The Labute approximate surface area is 144 Å². The third-order valence-corrected chi connectivity index (χ3v) is 5.04. The van der Waals surface area contributed by atoms with Gasteiger partial charge in [-0.3, -0.25) is 9.59 Å². The lowest BCUT2D eigenvalue weighted by Crippen LogP contribution is -2.47. The lowest BCUT2D eigenvalue weighted by atomic mass is 10.1. The van der Waals surface area contributed by atoms with E-state index in [9.17, 15) is 9.59 Å². The number of fused-ring (bicyclic) bond motifs is 3. The third kappa shape index (κ3) is 2.50. The number of aromatic nitrogens is 2. The number of rotatable bonds is 2. The van der Waals surface area contributed by atoms with E-state index in [0.717, 1.165) is 12.8 Å². The molecule has 0 radical (unpaired) electrons. The standard InChI is InChI=1S/C17H18ClN3O3/c1-2-20-9-13(16(22)12-5-15(18)19-6-14(12)20)17(23)21-7-10-3-4-11(8-21)24-10/h5-6,9-11H,2-4,7-8H2,1H3. The molecule has 2 bridgehead atoms. The molecule has 24 heavy (non-hydrogen) atoms. The average Bonchev–Trinajstić information content (AvgIpc) is 2.93. The Morgan fingerprint density at radius 3 is 2.75 bits per heavy atom. The van der Waals surface area contributed by atoms with E-state index >= 15 is 0 Å². The van der Waals surface area contributed by atoms with Crippen LogP contribution in [0.3, 0.4) is 0 Å². The number of amides is 1. The van der Waals surface area contributed by atoms with E-state index in [1.165, 1.54) is 6.07 Å². The summed E-state index contributed by atoms with van der Waals surface area (Å²) < 4.78 is 7.64. The Hall–Kier alpha value is -1.92. The smallest absolute Gasteiger partial charge is 0.259 e. The molecule has 2 saturated heterocycles. The Morgan fingerprint density at radius 1 is 1.38 bits per heavy atom. The van der Waals surface area contributed by atoms with Gasteiger partial charge >= 0.3 is 0 Å². The molecule has 0 aromatic carbocycles. The van der Waals surface area contributed by atoms with E-state index < -0.39 is 0 Å². The van der Waals surface area contributed by atoms with Gasteiger partial charge in [0.25, 0.3) is 5.91 Å². The number of carbonyl (C=O) groups is 1. The molecule has 7 heteroatoms. The second-order valence-corrected chi connectivity index (χ2v) is 6.74. The molecule has 0 N–H and O–H groups in total. The van der Waals surface area contributed by atoms with Gasteiger partial charge in [-0.1, -0.05) is 11.6 Å². The van der Waals surface area contributed by atoms with Crippen molar-refractivity contribution in [3.8, 4) is 0 Å². The van der Waals surface area contributed by atoms with Gasteiger partial charge in [0.2, 0.25) is 5.43 Å². The number of morpholine rings is 1. The summed E-state index contributed by atoms with van der Waals surface area (Å²) in [5.41, 5.74) is 0.584. The molecule has 0 spiro atoms. The predicted octanol–water partition coefficient (Wildman–Crippen LogP) is 2.07. The van der Waals surface area contributed by atoms with E-state index in [-0.39, 0.29) is 34.3 Å². The van der Waals surface area contributed by atoms with Gasteiger partial charge < -0.3 is 14.2 Å². The number of aryl methyl sites for hydroxylation is 1. The number of ether oxygens (including phenoxy) is 1. The number of nitrogens with zero attached hydrogens (tertiary/aromatic N) is 3. The van der Waals surface area contributed by atoms with Gasteiger partial charge in [0.15, 0.2) is 0 Å². The number of hydrogen-bond acceptors (Lipinski definition) is 4. The highest BCUT2D eigenvalue weighted by Crippen LogP contribution is 2.27. The van der Waals surface area contributed by atoms with Gasteiger partial charge in [-0.15, -0.1) is 0 Å². The fourth-order valence-electron chi connectivity index (χ4n) is 3.63. The predicted molar refractivity (Wildman–Crippen MR) is 90.5 cm³/mol. The van der Waals surface area contributed by atoms with Crippen molar-refractivity contribution in [2.24, 2.45) is 0 Å². The van der Waals surface area contributed by atoms with Gasteiger partial charge in [-0.25, -0.2) is 4.98 Å². The molecule has 4 heterocycles. The quantitative estimate of drug-likeness (QED) is 0.780. The van der Waals surface area contributed by atoms with E-state index in [0.29, 0.717) is 30.5 Å². The van der Waals surface area contributed by atoms with Crippen LogP contribution in [0.1, 0.15) is 30.1 Å². The second-order valence-electron chi connectivity index (χ2n) is 6.35. The van der Waals surface area contributed by atoms with Crippen LogP contribution in [0.4, 0.5) is 0 Å². The molecular formula is C17H18ClN3O3. The summed E-state index contributed by atoms with van der Waals surface area (Å²) in [4.78, 5) is 31.6. The van der Waals surface area contributed by atoms with E-state index in [4.69, 9.17) is 16.3 Å². The van der Waals surface area contributed by atoms with Crippen LogP contribution in [0.15, 0.2) is 23.3 Å². The highest BCUT2D eigenvalue weighted by atomic mass is 35.5. The zero-order valence-electron chi connectivity index (χ0n) is 13.4. The molecule has 126 valence electrons. The molecular weight excluding hydrogens is 330 g/mol. The number of pyridine rings is 2. The van der Waals surface area contributed by atoms with E-state index in [1.54, 1.807) is 17.3 Å². The minimum absolute atomic E-state index is 0.0974. The molecule has 2 unspecified atom stereocenters. The Balaban J connectivity index is 1.80. The first-order valence-corrected chi connectivity index (χ1v) is 8.58. The van der Waals surface area contributed by atoms with Crippen LogP contribution in [-0.2, 0) is 11.3 Å². The molecule has 2 aliphatic rings. The SMILES string of the molecule is CCn1cc(C(=O)N2CC3CCC(C2)O3)c(=O)c2cc(Cl)ncc21. The Morgan fingerprint density at radius 2 is 2.08 bits per heavy atom. The van der Waals surface area contributed by atoms with Crippen LogP contribution in [-0.4, -0.2) is 45.7 Å². The Bertz CT molecular complexity index is 867. The Kier molecular flexibility index (Phi) is 3.81. The molecule has 0 aliphatic carbocycles. The molecule has 2 aliphatic heterocycles. The van der Waals surface area contributed by atoms with E-state index in [2.05, 4.69) is 4.98 Å². The van der Waals surface area contributed by atoms with E-state index in [1.807, 2.05) is 11.5 Å². The minimum atomic E-state index is -0.289. The van der Waals surface area contributed by atoms with Crippen LogP contribution in [0.2, 0.25) is 5.15 Å². The fourth-order valence-corrected chi connectivity index (χ4v) is 3.79. The van der Waals surface area contributed by atoms with Gasteiger partial charge in [0.1, 0.15) is 10.7 Å². The maximum absolute atomic E-state index is 12.9. The van der Waals surface area contributed by atoms with Gasteiger partial charge in [-0.2, -0.15) is 0 Å². The van der Waals surface area contributed by atoms with Crippen molar-refractivity contribution in [1.82, 2.24) is 14.5 Å². The van der Waals surface area contributed by atoms with Crippen molar-refractivity contribution in [1.29, 1.82) is 0 Å². The van der Waals surface area contributed by atoms with Crippen molar-refractivity contribution >= 4 is 28.4 Å². The molecule has 6 nitrogen and oxygen atoms in total. The summed E-state index contributed by atoms with van der Waals surface area (Å²) in [6, 6.07) is 1.53.